The Labute approximate surface area is 80.3 Å². The van der Waals surface area contributed by atoms with Gasteiger partial charge in [0.25, 0.3) is 0 Å². The zero-order valence-corrected chi connectivity index (χ0v) is 8.01. The Balaban J connectivity index is 2.53. The van der Waals surface area contributed by atoms with Crippen LogP contribution in [-0.2, 0) is 0 Å². The number of aromatic nitrogens is 2. The number of nitrogen functional groups attached to an aromatic ring is 1. The number of rotatable bonds is 1. The van der Waals surface area contributed by atoms with Gasteiger partial charge in [0.05, 0.1) is 18.1 Å². The van der Waals surface area contributed by atoms with Crippen molar-refractivity contribution in [3.63, 3.8) is 0 Å². The summed E-state index contributed by atoms with van der Waals surface area (Å²) in [5.74, 6) is 0.461. The van der Waals surface area contributed by atoms with E-state index >= 15 is 0 Å². The molecular formula is C9H9N3S. The fraction of sp³-hybridized carbons (Fsp3) is 0.111. The minimum absolute atomic E-state index is 0.461. The Kier molecular flexibility index (Phi) is 1.98. The van der Waals surface area contributed by atoms with Gasteiger partial charge in [-0.05, 0) is 18.4 Å². The second-order valence-electron chi connectivity index (χ2n) is 2.72. The molecule has 0 saturated heterocycles. The van der Waals surface area contributed by atoms with Gasteiger partial charge in [0.1, 0.15) is 5.82 Å². The van der Waals surface area contributed by atoms with E-state index in [1.54, 1.807) is 23.7 Å². The van der Waals surface area contributed by atoms with Gasteiger partial charge in [-0.1, -0.05) is 0 Å². The summed E-state index contributed by atoms with van der Waals surface area (Å²) in [6, 6.07) is 2.03. The van der Waals surface area contributed by atoms with Gasteiger partial charge < -0.3 is 5.73 Å². The molecule has 0 aromatic carbocycles. The molecule has 13 heavy (non-hydrogen) atoms. The van der Waals surface area contributed by atoms with Gasteiger partial charge in [-0.15, -0.1) is 11.3 Å². The highest BCUT2D eigenvalue weighted by Crippen LogP contribution is 2.25. The fourth-order valence-corrected chi connectivity index (χ4v) is 1.87. The number of aryl methyl sites for hydroxylation is 1. The standard InChI is InChI=1S/C9H9N3S/c1-6-7(2-3-13-6)8-4-11-5-9(10)12-8/h2-5H,1H3,(H2,10,12). The van der Waals surface area contributed by atoms with Crippen LogP contribution in [0, 0.1) is 6.92 Å². The maximum absolute atomic E-state index is 5.54. The van der Waals surface area contributed by atoms with E-state index in [2.05, 4.69) is 16.9 Å². The first kappa shape index (κ1) is 8.19. The number of anilines is 1. The molecule has 0 amide bonds. The molecule has 66 valence electrons. The molecule has 0 aliphatic heterocycles. The van der Waals surface area contributed by atoms with Crippen molar-refractivity contribution in [2.45, 2.75) is 6.92 Å². The molecule has 2 N–H and O–H groups in total. The molecule has 0 unspecified atom stereocenters. The third-order valence-electron chi connectivity index (χ3n) is 1.79. The monoisotopic (exact) mass is 191 g/mol. The van der Waals surface area contributed by atoms with E-state index in [-0.39, 0.29) is 0 Å². The first-order valence-corrected chi connectivity index (χ1v) is 4.77. The Morgan fingerprint density at radius 1 is 1.38 bits per heavy atom. The van der Waals surface area contributed by atoms with Gasteiger partial charge in [-0.25, -0.2) is 4.98 Å². The lowest BCUT2D eigenvalue weighted by Gasteiger charge is -1.98. The topological polar surface area (TPSA) is 51.8 Å². The normalized spacial score (nSPS) is 10.2. The van der Waals surface area contributed by atoms with E-state index in [0.29, 0.717) is 5.82 Å². The summed E-state index contributed by atoms with van der Waals surface area (Å²) in [5.41, 5.74) is 7.51. The molecule has 2 rings (SSSR count). The van der Waals surface area contributed by atoms with Crippen molar-refractivity contribution in [1.29, 1.82) is 0 Å². The lowest BCUT2D eigenvalue weighted by atomic mass is 10.2. The highest BCUT2D eigenvalue weighted by Gasteiger charge is 2.04. The lowest BCUT2D eigenvalue weighted by Crippen LogP contribution is -1.93. The van der Waals surface area contributed by atoms with Gasteiger partial charge in [0, 0.05) is 10.4 Å². The molecule has 0 bridgehead atoms. The van der Waals surface area contributed by atoms with Crippen molar-refractivity contribution in [3.05, 3.63) is 28.7 Å². The zero-order valence-electron chi connectivity index (χ0n) is 7.19. The van der Waals surface area contributed by atoms with E-state index in [1.165, 1.54) is 4.88 Å². The maximum atomic E-state index is 5.54. The molecule has 2 aromatic rings. The second kappa shape index (κ2) is 3.14. The van der Waals surface area contributed by atoms with Crippen molar-refractivity contribution in [2.75, 3.05) is 5.73 Å². The van der Waals surface area contributed by atoms with Gasteiger partial charge in [0.2, 0.25) is 0 Å². The smallest absolute Gasteiger partial charge is 0.142 e. The molecule has 0 atom stereocenters. The lowest BCUT2D eigenvalue weighted by molar-refractivity contribution is 1.21. The highest BCUT2D eigenvalue weighted by molar-refractivity contribution is 7.10. The van der Waals surface area contributed by atoms with E-state index in [9.17, 15) is 0 Å². The summed E-state index contributed by atoms with van der Waals surface area (Å²) >= 11 is 1.70. The van der Waals surface area contributed by atoms with E-state index in [4.69, 9.17) is 5.73 Å². The molecule has 4 heteroatoms. The summed E-state index contributed by atoms with van der Waals surface area (Å²) < 4.78 is 0. The predicted molar refractivity (Wildman–Crippen MR) is 54.5 cm³/mol. The Morgan fingerprint density at radius 3 is 2.85 bits per heavy atom. The number of hydrogen-bond acceptors (Lipinski definition) is 4. The van der Waals surface area contributed by atoms with Gasteiger partial charge >= 0.3 is 0 Å². The molecular weight excluding hydrogens is 182 g/mol. The number of thiophene rings is 1. The molecule has 3 nitrogen and oxygen atoms in total. The van der Waals surface area contributed by atoms with Crippen LogP contribution in [0.3, 0.4) is 0 Å². The van der Waals surface area contributed by atoms with Crippen molar-refractivity contribution in [3.8, 4) is 11.3 Å². The van der Waals surface area contributed by atoms with Crippen molar-refractivity contribution in [2.24, 2.45) is 0 Å². The average Bonchev–Trinajstić information content (AvgIpc) is 2.51. The average molecular weight is 191 g/mol. The SMILES string of the molecule is Cc1sccc1-c1cncc(N)n1. The molecule has 0 radical (unpaired) electrons. The van der Waals surface area contributed by atoms with Crippen molar-refractivity contribution in [1.82, 2.24) is 9.97 Å². The predicted octanol–water partition coefficient (Wildman–Crippen LogP) is 2.10. The van der Waals surface area contributed by atoms with Crippen LogP contribution in [0.5, 0.6) is 0 Å². The van der Waals surface area contributed by atoms with E-state index < -0.39 is 0 Å². The first-order chi connectivity index (χ1) is 6.27. The molecule has 2 aromatic heterocycles. The molecule has 2 heterocycles. The van der Waals surface area contributed by atoms with Crippen LogP contribution in [0.1, 0.15) is 4.88 Å². The van der Waals surface area contributed by atoms with Crippen LogP contribution in [0.4, 0.5) is 5.82 Å². The quantitative estimate of drug-likeness (QED) is 0.751. The van der Waals surface area contributed by atoms with E-state index in [0.717, 1.165) is 11.3 Å². The summed E-state index contributed by atoms with van der Waals surface area (Å²) in [4.78, 5) is 9.43. The minimum Gasteiger partial charge on any atom is -0.382 e. The Morgan fingerprint density at radius 2 is 2.23 bits per heavy atom. The summed E-state index contributed by atoms with van der Waals surface area (Å²) in [7, 11) is 0. The van der Waals surface area contributed by atoms with Crippen LogP contribution in [0.25, 0.3) is 11.3 Å². The fourth-order valence-electron chi connectivity index (χ4n) is 1.16. The summed E-state index contributed by atoms with van der Waals surface area (Å²) in [6.07, 6.45) is 3.27. The maximum Gasteiger partial charge on any atom is 0.142 e. The second-order valence-corrected chi connectivity index (χ2v) is 3.84. The van der Waals surface area contributed by atoms with Crippen molar-refractivity contribution >= 4 is 17.2 Å². The molecule has 0 fully saturated rings. The van der Waals surface area contributed by atoms with Crippen molar-refractivity contribution < 1.29 is 0 Å². The summed E-state index contributed by atoms with van der Waals surface area (Å²) in [6.45, 7) is 2.06. The van der Waals surface area contributed by atoms with Crippen LogP contribution in [-0.4, -0.2) is 9.97 Å². The molecule has 0 aliphatic carbocycles. The van der Waals surface area contributed by atoms with Gasteiger partial charge in [-0.2, -0.15) is 0 Å². The molecule has 0 aliphatic rings. The first-order valence-electron chi connectivity index (χ1n) is 3.89. The largest absolute Gasteiger partial charge is 0.382 e. The van der Waals surface area contributed by atoms with Gasteiger partial charge in [0.15, 0.2) is 0 Å². The highest BCUT2D eigenvalue weighted by atomic mass is 32.1. The number of nitrogens with zero attached hydrogens (tertiary/aromatic N) is 2. The van der Waals surface area contributed by atoms with Crippen LogP contribution >= 0.6 is 11.3 Å². The Hall–Kier alpha value is -1.42. The van der Waals surface area contributed by atoms with Gasteiger partial charge in [-0.3, -0.25) is 4.98 Å². The zero-order chi connectivity index (χ0) is 9.26. The van der Waals surface area contributed by atoms with Crippen LogP contribution in [0.2, 0.25) is 0 Å². The molecule has 0 saturated carbocycles. The summed E-state index contributed by atoms with van der Waals surface area (Å²) in [5, 5.41) is 2.04. The minimum atomic E-state index is 0.461. The van der Waals surface area contributed by atoms with Crippen LogP contribution < -0.4 is 5.73 Å². The molecule has 0 spiro atoms. The third kappa shape index (κ3) is 1.53. The third-order valence-corrected chi connectivity index (χ3v) is 2.63. The number of hydrogen-bond donors (Lipinski definition) is 1. The Bertz CT molecular complexity index is 422. The van der Waals surface area contributed by atoms with Crippen LogP contribution in [0.15, 0.2) is 23.8 Å². The number of nitrogens with two attached hydrogens (primary N) is 1. The van der Waals surface area contributed by atoms with E-state index in [1.807, 2.05) is 11.4 Å².